The molecule has 0 aliphatic carbocycles. The summed E-state index contributed by atoms with van der Waals surface area (Å²) in [6.45, 7) is 7.30. The molecule has 1 heterocycles. The molecule has 1 fully saturated rings. The van der Waals surface area contributed by atoms with E-state index in [0.29, 0.717) is 21.9 Å². The molecule has 0 saturated carbocycles. The van der Waals surface area contributed by atoms with Crippen LogP contribution >= 0.6 is 48.0 Å². The Bertz CT molecular complexity index is 426. The van der Waals surface area contributed by atoms with Gasteiger partial charge < -0.3 is 19.3 Å². The van der Waals surface area contributed by atoms with E-state index in [2.05, 4.69) is 9.80 Å². The SMILES string of the molecule is CCOC(=O)CSC(=S)N1CCN(C(=S)SCC(=O)OCC)CC1. The molecule has 0 unspecified atom stereocenters. The lowest BCUT2D eigenvalue weighted by Crippen LogP contribution is -2.48. The van der Waals surface area contributed by atoms with Gasteiger partial charge in [0.2, 0.25) is 0 Å². The van der Waals surface area contributed by atoms with Gasteiger partial charge in [0.25, 0.3) is 0 Å². The Morgan fingerprint density at radius 3 is 1.46 bits per heavy atom. The Morgan fingerprint density at radius 1 is 0.833 bits per heavy atom. The van der Waals surface area contributed by atoms with Crippen molar-refractivity contribution in [3.8, 4) is 0 Å². The van der Waals surface area contributed by atoms with Gasteiger partial charge in [-0.3, -0.25) is 9.59 Å². The molecule has 1 saturated heterocycles. The quantitative estimate of drug-likeness (QED) is 0.478. The highest BCUT2D eigenvalue weighted by Gasteiger charge is 2.22. The van der Waals surface area contributed by atoms with Crippen LogP contribution in [0.4, 0.5) is 0 Å². The van der Waals surface area contributed by atoms with Crippen LogP contribution in [0.25, 0.3) is 0 Å². The van der Waals surface area contributed by atoms with Crippen molar-refractivity contribution in [2.24, 2.45) is 0 Å². The summed E-state index contributed by atoms with van der Waals surface area (Å²) in [5.41, 5.74) is 0. The van der Waals surface area contributed by atoms with Gasteiger partial charge >= 0.3 is 11.9 Å². The van der Waals surface area contributed by atoms with E-state index in [4.69, 9.17) is 33.9 Å². The molecule has 1 rings (SSSR count). The molecule has 6 nitrogen and oxygen atoms in total. The first-order valence-electron chi connectivity index (χ1n) is 7.62. The Labute approximate surface area is 162 Å². The first kappa shape index (κ1) is 21.5. The van der Waals surface area contributed by atoms with Crippen molar-refractivity contribution < 1.29 is 19.1 Å². The number of hydrogen-bond acceptors (Lipinski definition) is 8. The number of ether oxygens (including phenoxy) is 2. The number of carbonyl (C=O) groups is 2. The third-order valence-corrected chi connectivity index (χ3v) is 6.03. The molecule has 1 aliphatic heterocycles. The van der Waals surface area contributed by atoms with E-state index in [1.807, 2.05) is 0 Å². The van der Waals surface area contributed by atoms with E-state index >= 15 is 0 Å². The Hall–Kier alpha value is -0.580. The fraction of sp³-hybridized carbons (Fsp3) is 0.714. The normalized spacial score (nSPS) is 14.2. The lowest BCUT2D eigenvalue weighted by Gasteiger charge is -2.36. The third kappa shape index (κ3) is 8.00. The number of hydrogen-bond donors (Lipinski definition) is 0. The van der Waals surface area contributed by atoms with Gasteiger partial charge in [-0.1, -0.05) is 48.0 Å². The van der Waals surface area contributed by atoms with Gasteiger partial charge in [0, 0.05) is 26.2 Å². The number of esters is 2. The highest BCUT2D eigenvalue weighted by atomic mass is 32.2. The number of thiocarbonyl (C=S) groups is 2. The summed E-state index contributed by atoms with van der Waals surface area (Å²) in [6.07, 6.45) is 0. The van der Waals surface area contributed by atoms with E-state index in [1.54, 1.807) is 13.8 Å². The second kappa shape index (κ2) is 11.9. The molecule has 0 aromatic carbocycles. The molecule has 0 radical (unpaired) electrons. The zero-order valence-electron chi connectivity index (χ0n) is 13.8. The topological polar surface area (TPSA) is 59.1 Å². The Balaban J connectivity index is 2.27. The molecule has 136 valence electrons. The molecule has 0 aromatic rings. The highest BCUT2D eigenvalue weighted by molar-refractivity contribution is 8.23. The molecule has 0 aromatic heterocycles. The van der Waals surface area contributed by atoms with Crippen LogP contribution < -0.4 is 0 Å². The molecule has 24 heavy (non-hydrogen) atoms. The maximum Gasteiger partial charge on any atom is 0.316 e. The van der Waals surface area contributed by atoms with Crippen molar-refractivity contribution >= 4 is 68.5 Å². The minimum atomic E-state index is -0.250. The van der Waals surface area contributed by atoms with E-state index in [9.17, 15) is 9.59 Å². The van der Waals surface area contributed by atoms with Gasteiger partial charge in [-0.25, -0.2) is 0 Å². The molecule has 0 atom stereocenters. The van der Waals surface area contributed by atoms with Crippen LogP contribution in [0.3, 0.4) is 0 Å². The Kier molecular flexibility index (Phi) is 10.6. The molecular formula is C14H22N2O4S4. The summed E-state index contributed by atoms with van der Waals surface area (Å²) in [5, 5.41) is 0. The average molecular weight is 411 g/mol. The van der Waals surface area contributed by atoms with Crippen LogP contribution in [0.1, 0.15) is 13.8 Å². The van der Waals surface area contributed by atoms with Gasteiger partial charge in [0.05, 0.1) is 24.7 Å². The van der Waals surface area contributed by atoms with Crippen molar-refractivity contribution in [2.45, 2.75) is 13.8 Å². The van der Waals surface area contributed by atoms with Crippen LogP contribution in [0.15, 0.2) is 0 Å². The lowest BCUT2D eigenvalue weighted by molar-refractivity contribution is -0.140. The minimum Gasteiger partial charge on any atom is -0.465 e. The van der Waals surface area contributed by atoms with Crippen molar-refractivity contribution in [3.63, 3.8) is 0 Å². The van der Waals surface area contributed by atoms with Crippen LogP contribution in [0, 0.1) is 0 Å². The molecule has 0 bridgehead atoms. The van der Waals surface area contributed by atoms with Crippen LogP contribution in [-0.2, 0) is 19.1 Å². The maximum absolute atomic E-state index is 11.4. The number of carbonyl (C=O) groups excluding carboxylic acids is 2. The van der Waals surface area contributed by atoms with E-state index in [-0.39, 0.29) is 23.4 Å². The molecule has 0 N–H and O–H groups in total. The zero-order valence-corrected chi connectivity index (χ0v) is 17.1. The summed E-state index contributed by atoms with van der Waals surface area (Å²) < 4.78 is 11.2. The van der Waals surface area contributed by atoms with Gasteiger partial charge in [-0.05, 0) is 13.8 Å². The smallest absolute Gasteiger partial charge is 0.316 e. The zero-order chi connectivity index (χ0) is 17.9. The summed E-state index contributed by atoms with van der Waals surface area (Å²) in [7, 11) is 0. The van der Waals surface area contributed by atoms with Crippen molar-refractivity contribution in [3.05, 3.63) is 0 Å². The van der Waals surface area contributed by atoms with Gasteiger partial charge in [-0.15, -0.1) is 0 Å². The summed E-state index contributed by atoms with van der Waals surface area (Å²) in [4.78, 5) is 26.8. The van der Waals surface area contributed by atoms with Gasteiger partial charge in [0.15, 0.2) is 0 Å². The molecule has 0 spiro atoms. The number of piperazine rings is 1. The predicted molar refractivity (Wildman–Crippen MR) is 107 cm³/mol. The molecular weight excluding hydrogens is 388 g/mol. The van der Waals surface area contributed by atoms with Crippen LogP contribution in [0.2, 0.25) is 0 Å². The second-order valence-corrected chi connectivity index (χ2v) is 7.91. The monoisotopic (exact) mass is 410 g/mol. The predicted octanol–water partition coefficient (Wildman–Crippen LogP) is 1.77. The third-order valence-electron chi connectivity index (χ3n) is 3.03. The molecule has 10 heteroatoms. The van der Waals surface area contributed by atoms with Crippen molar-refractivity contribution in [1.82, 2.24) is 9.80 Å². The largest absolute Gasteiger partial charge is 0.465 e. The summed E-state index contributed by atoms with van der Waals surface area (Å²) in [6, 6.07) is 0. The highest BCUT2D eigenvalue weighted by Crippen LogP contribution is 2.16. The molecule has 0 amide bonds. The number of rotatable bonds is 6. The van der Waals surface area contributed by atoms with Crippen LogP contribution in [-0.4, -0.2) is 81.3 Å². The van der Waals surface area contributed by atoms with Gasteiger partial charge in [-0.2, -0.15) is 0 Å². The Morgan fingerprint density at radius 2 is 1.17 bits per heavy atom. The fourth-order valence-electron chi connectivity index (χ4n) is 1.90. The lowest BCUT2D eigenvalue weighted by atomic mass is 10.4. The fourth-order valence-corrected chi connectivity index (χ4v) is 4.00. The maximum atomic E-state index is 11.4. The van der Waals surface area contributed by atoms with Crippen LogP contribution in [0.5, 0.6) is 0 Å². The number of thioether (sulfide) groups is 2. The van der Waals surface area contributed by atoms with Gasteiger partial charge in [0.1, 0.15) is 8.64 Å². The summed E-state index contributed by atoms with van der Waals surface area (Å²) >= 11 is 13.4. The first-order chi connectivity index (χ1) is 11.5. The summed E-state index contributed by atoms with van der Waals surface area (Å²) in [5.74, 6) is -0.0264. The second-order valence-electron chi connectivity index (χ2n) is 4.69. The molecule has 1 aliphatic rings. The van der Waals surface area contributed by atoms with Crippen molar-refractivity contribution in [1.29, 1.82) is 0 Å². The van der Waals surface area contributed by atoms with Crippen molar-refractivity contribution in [2.75, 3.05) is 50.9 Å². The van der Waals surface area contributed by atoms with E-state index < -0.39 is 0 Å². The van der Waals surface area contributed by atoms with E-state index in [1.165, 1.54) is 23.5 Å². The number of nitrogens with zero attached hydrogens (tertiary/aromatic N) is 2. The average Bonchev–Trinajstić information content (AvgIpc) is 2.58. The van der Waals surface area contributed by atoms with E-state index in [0.717, 1.165) is 26.2 Å². The minimum absolute atomic E-state index is 0.237. The first-order valence-corrected chi connectivity index (χ1v) is 10.4. The standard InChI is InChI=1S/C14H22N2O4S4/c1-3-19-11(17)9-23-13(21)15-5-7-16(8-6-15)14(22)24-10-12(18)20-4-2/h3-10H2,1-2H3.